The van der Waals surface area contributed by atoms with E-state index in [-0.39, 0.29) is 24.3 Å². The Hall–Kier alpha value is -1.49. The SMILES string of the molecule is CC(C)(CCO)ONC(=O)c1cc(F)c(F)cc1Nc1ccc(I)cc1Cl. The zero-order chi connectivity index (χ0) is 20.2. The highest BCUT2D eigenvalue weighted by Gasteiger charge is 2.22. The van der Waals surface area contributed by atoms with Gasteiger partial charge in [0.25, 0.3) is 5.91 Å². The molecule has 5 nitrogen and oxygen atoms in total. The highest BCUT2D eigenvalue weighted by atomic mass is 127. The standard InChI is InChI=1S/C18H18ClF2IN2O3/c1-18(2,5-6-25)27-24-17(26)11-8-13(20)14(21)9-16(11)23-15-4-3-10(22)7-12(15)19/h3-4,7-9,23,25H,5-6H2,1-2H3,(H,24,26). The van der Waals surface area contributed by atoms with E-state index in [1.54, 1.807) is 32.0 Å². The lowest BCUT2D eigenvalue weighted by Crippen LogP contribution is -2.36. The normalized spacial score (nSPS) is 11.4. The molecule has 1 amide bonds. The highest BCUT2D eigenvalue weighted by molar-refractivity contribution is 14.1. The molecule has 9 heteroatoms. The van der Waals surface area contributed by atoms with Crippen LogP contribution in [0.25, 0.3) is 0 Å². The summed E-state index contributed by atoms with van der Waals surface area (Å²) in [6, 6.07) is 6.76. The van der Waals surface area contributed by atoms with Gasteiger partial charge in [-0.3, -0.25) is 9.63 Å². The lowest BCUT2D eigenvalue weighted by Gasteiger charge is -2.24. The summed E-state index contributed by atoms with van der Waals surface area (Å²) < 4.78 is 28.3. The number of hydrogen-bond donors (Lipinski definition) is 3. The molecule has 27 heavy (non-hydrogen) atoms. The quantitative estimate of drug-likeness (QED) is 0.370. The largest absolute Gasteiger partial charge is 0.396 e. The number of carbonyl (C=O) groups is 1. The Labute approximate surface area is 174 Å². The van der Waals surface area contributed by atoms with Gasteiger partial charge in [0, 0.05) is 22.7 Å². The van der Waals surface area contributed by atoms with Crippen molar-refractivity contribution in [1.29, 1.82) is 0 Å². The summed E-state index contributed by atoms with van der Waals surface area (Å²) in [5, 5.41) is 12.2. The van der Waals surface area contributed by atoms with Gasteiger partial charge >= 0.3 is 0 Å². The molecule has 2 aromatic rings. The van der Waals surface area contributed by atoms with Crippen LogP contribution in [-0.4, -0.2) is 23.2 Å². The Bertz CT molecular complexity index is 850. The van der Waals surface area contributed by atoms with E-state index in [4.69, 9.17) is 21.5 Å². The van der Waals surface area contributed by atoms with Crippen LogP contribution in [0.4, 0.5) is 20.2 Å². The average Bonchev–Trinajstić information content (AvgIpc) is 2.58. The van der Waals surface area contributed by atoms with Crippen molar-refractivity contribution in [3.8, 4) is 0 Å². The number of hydroxylamine groups is 1. The van der Waals surface area contributed by atoms with Crippen molar-refractivity contribution in [1.82, 2.24) is 5.48 Å². The molecule has 0 aliphatic carbocycles. The van der Waals surface area contributed by atoms with Crippen LogP contribution in [0.15, 0.2) is 30.3 Å². The van der Waals surface area contributed by atoms with Crippen molar-refractivity contribution in [3.05, 3.63) is 56.1 Å². The van der Waals surface area contributed by atoms with Crippen LogP contribution < -0.4 is 10.8 Å². The molecule has 0 saturated carbocycles. The molecule has 0 saturated heterocycles. The zero-order valence-corrected chi connectivity index (χ0v) is 17.5. The molecule has 3 N–H and O–H groups in total. The predicted octanol–water partition coefficient (Wildman–Crippen LogP) is 4.79. The maximum atomic E-state index is 13.7. The van der Waals surface area contributed by atoms with E-state index in [0.29, 0.717) is 10.7 Å². The average molecular weight is 511 g/mol. The minimum Gasteiger partial charge on any atom is -0.396 e. The van der Waals surface area contributed by atoms with Crippen molar-refractivity contribution in [3.63, 3.8) is 0 Å². The number of hydrogen-bond acceptors (Lipinski definition) is 4. The number of benzene rings is 2. The summed E-state index contributed by atoms with van der Waals surface area (Å²) in [5.74, 6) is -3.06. The minimum absolute atomic E-state index is 0.0260. The first-order valence-corrected chi connectivity index (χ1v) is 9.39. The first-order chi connectivity index (χ1) is 12.6. The molecule has 0 heterocycles. The third kappa shape index (κ3) is 6.00. The monoisotopic (exact) mass is 510 g/mol. The van der Waals surface area contributed by atoms with Gasteiger partial charge in [-0.15, -0.1) is 0 Å². The topological polar surface area (TPSA) is 70.6 Å². The Balaban J connectivity index is 2.30. The van der Waals surface area contributed by atoms with Gasteiger partial charge in [-0.25, -0.2) is 14.3 Å². The van der Waals surface area contributed by atoms with Gasteiger partial charge < -0.3 is 10.4 Å². The zero-order valence-electron chi connectivity index (χ0n) is 14.6. The second-order valence-corrected chi connectivity index (χ2v) is 7.98. The molecule has 0 radical (unpaired) electrons. The van der Waals surface area contributed by atoms with Crippen LogP contribution in [0.1, 0.15) is 30.6 Å². The number of aliphatic hydroxyl groups is 1. The Morgan fingerprint density at radius 3 is 2.52 bits per heavy atom. The van der Waals surface area contributed by atoms with Gasteiger partial charge in [0.15, 0.2) is 11.6 Å². The second-order valence-electron chi connectivity index (χ2n) is 6.33. The second kappa shape index (κ2) is 9.13. The van der Waals surface area contributed by atoms with E-state index < -0.39 is 23.1 Å². The Kier molecular flexibility index (Phi) is 7.38. The van der Waals surface area contributed by atoms with Crippen molar-refractivity contribution < 1.29 is 23.5 Å². The van der Waals surface area contributed by atoms with E-state index in [1.807, 2.05) is 0 Å². The van der Waals surface area contributed by atoms with Crippen LogP contribution in [0.3, 0.4) is 0 Å². The highest BCUT2D eigenvalue weighted by Crippen LogP contribution is 2.30. The number of aliphatic hydroxyl groups excluding tert-OH is 1. The molecule has 0 aliphatic heterocycles. The fraction of sp³-hybridized carbons (Fsp3) is 0.278. The summed E-state index contributed by atoms with van der Waals surface area (Å²) in [6.07, 6.45) is 0.272. The Morgan fingerprint density at radius 2 is 1.89 bits per heavy atom. The summed E-state index contributed by atoms with van der Waals surface area (Å²) in [5.41, 5.74) is 1.66. The lowest BCUT2D eigenvalue weighted by molar-refractivity contribution is -0.0805. The molecule has 0 spiro atoms. The maximum Gasteiger partial charge on any atom is 0.277 e. The first-order valence-electron chi connectivity index (χ1n) is 7.93. The van der Waals surface area contributed by atoms with E-state index in [9.17, 15) is 13.6 Å². The van der Waals surface area contributed by atoms with Crippen molar-refractivity contribution in [2.45, 2.75) is 25.9 Å². The van der Waals surface area contributed by atoms with Crippen molar-refractivity contribution in [2.24, 2.45) is 0 Å². The van der Waals surface area contributed by atoms with Gasteiger partial charge in [-0.2, -0.15) is 0 Å². The minimum atomic E-state index is -1.17. The van der Waals surface area contributed by atoms with Gasteiger partial charge in [-0.05, 0) is 60.7 Å². The molecule has 0 unspecified atom stereocenters. The van der Waals surface area contributed by atoms with E-state index in [2.05, 4.69) is 33.4 Å². The molecular formula is C18H18ClF2IN2O3. The number of anilines is 2. The fourth-order valence-corrected chi connectivity index (χ4v) is 3.04. The van der Waals surface area contributed by atoms with Crippen LogP contribution in [-0.2, 0) is 4.84 Å². The molecule has 2 rings (SSSR count). The molecular weight excluding hydrogens is 493 g/mol. The Morgan fingerprint density at radius 1 is 1.22 bits per heavy atom. The van der Waals surface area contributed by atoms with Gasteiger partial charge in [0.05, 0.1) is 27.6 Å². The number of amides is 1. The van der Waals surface area contributed by atoms with Crippen LogP contribution >= 0.6 is 34.2 Å². The summed E-state index contributed by atoms with van der Waals surface area (Å²) in [7, 11) is 0. The molecule has 0 aromatic heterocycles. The third-order valence-corrected chi connectivity index (χ3v) is 4.62. The fourth-order valence-electron chi connectivity index (χ4n) is 2.13. The van der Waals surface area contributed by atoms with E-state index in [1.165, 1.54) is 0 Å². The molecule has 0 aliphatic rings. The van der Waals surface area contributed by atoms with Crippen LogP contribution in [0, 0.1) is 15.2 Å². The van der Waals surface area contributed by atoms with Gasteiger partial charge in [0.1, 0.15) is 0 Å². The van der Waals surface area contributed by atoms with Crippen LogP contribution in [0.5, 0.6) is 0 Å². The molecule has 0 fully saturated rings. The molecule has 0 atom stereocenters. The molecule has 146 valence electrons. The van der Waals surface area contributed by atoms with E-state index >= 15 is 0 Å². The van der Waals surface area contributed by atoms with Crippen molar-refractivity contribution in [2.75, 3.05) is 11.9 Å². The predicted molar refractivity (Wildman–Crippen MR) is 108 cm³/mol. The smallest absolute Gasteiger partial charge is 0.277 e. The number of nitrogens with one attached hydrogen (secondary N) is 2. The van der Waals surface area contributed by atoms with Crippen molar-refractivity contribution >= 4 is 51.5 Å². The lowest BCUT2D eigenvalue weighted by atomic mass is 10.1. The maximum absolute atomic E-state index is 13.7. The molecule has 2 aromatic carbocycles. The summed E-state index contributed by atoms with van der Waals surface area (Å²) in [4.78, 5) is 17.7. The number of halogens is 4. The first kappa shape index (κ1) is 21.8. The van der Waals surface area contributed by atoms with Gasteiger partial charge in [0.2, 0.25) is 0 Å². The summed E-state index contributed by atoms with van der Waals surface area (Å²) in [6.45, 7) is 3.20. The number of rotatable bonds is 7. The van der Waals surface area contributed by atoms with Crippen LogP contribution in [0.2, 0.25) is 5.02 Å². The molecule has 0 bridgehead atoms. The number of carbonyl (C=O) groups excluding carboxylic acids is 1. The van der Waals surface area contributed by atoms with E-state index in [0.717, 1.165) is 15.7 Å². The summed E-state index contributed by atoms with van der Waals surface area (Å²) >= 11 is 8.24. The van der Waals surface area contributed by atoms with Gasteiger partial charge in [-0.1, -0.05) is 11.6 Å². The third-order valence-electron chi connectivity index (χ3n) is 3.64.